The van der Waals surface area contributed by atoms with Crippen molar-refractivity contribution in [2.45, 2.75) is 57.9 Å². The summed E-state index contributed by atoms with van der Waals surface area (Å²) in [5.41, 5.74) is -1.68. The molecule has 3 rings (SSSR count). The summed E-state index contributed by atoms with van der Waals surface area (Å²) in [5.74, 6) is 0.322. The molecule has 2 aromatic heterocycles. The molecule has 2 aromatic rings. The van der Waals surface area contributed by atoms with Gasteiger partial charge in [-0.25, -0.2) is 4.98 Å². The SMILES string of the molecule is CC(C)CCOc1cc(C(F)(F)F)c2c(ncn2[C@H]2C[C@](C)(O)C2)n1. The Hall–Kier alpha value is -1.83. The molecule has 138 valence electrons. The maximum absolute atomic E-state index is 13.6. The Morgan fingerprint density at radius 3 is 2.64 bits per heavy atom. The topological polar surface area (TPSA) is 60.2 Å². The van der Waals surface area contributed by atoms with E-state index in [2.05, 4.69) is 9.97 Å². The first-order valence-corrected chi connectivity index (χ1v) is 8.37. The Kier molecular flexibility index (Phi) is 4.43. The first kappa shape index (κ1) is 18.0. The predicted molar refractivity (Wildman–Crippen MR) is 86.4 cm³/mol. The summed E-state index contributed by atoms with van der Waals surface area (Å²) in [6, 6.07) is 0.730. The molecule has 25 heavy (non-hydrogen) atoms. The van der Waals surface area contributed by atoms with Gasteiger partial charge in [-0.05, 0) is 32.1 Å². The number of fused-ring (bicyclic) bond motifs is 1. The molecule has 0 bridgehead atoms. The summed E-state index contributed by atoms with van der Waals surface area (Å²) in [6.07, 6.45) is -1.66. The Balaban J connectivity index is 1.97. The first-order chi connectivity index (χ1) is 11.6. The molecule has 1 aliphatic rings. The number of nitrogens with zero attached hydrogens (tertiary/aromatic N) is 3. The zero-order valence-corrected chi connectivity index (χ0v) is 14.5. The third-order valence-electron chi connectivity index (χ3n) is 4.51. The molecule has 5 nitrogen and oxygen atoms in total. The molecule has 8 heteroatoms. The van der Waals surface area contributed by atoms with Crippen molar-refractivity contribution < 1.29 is 23.0 Å². The van der Waals surface area contributed by atoms with E-state index in [1.54, 1.807) is 6.92 Å². The van der Waals surface area contributed by atoms with Crippen molar-refractivity contribution >= 4 is 11.2 Å². The fourth-order valence-electron chi connectivity index (χ4n) is 3.14. The summed E-state index contributed by atoms with van der Waals surface area (Å²) >= 11 is 0. The van der Waals surface area contributed by atoms with Gasteiger partial charge < -0.3 is 14.4 Å². The van der Waals surface area contributed by atoms with Crippen LogP contribution in [0, 0.1) is 5.92 Å². The molecule has 0 aliphatic heterocycles. The standard InChI is InChI=1S/C17H22F3N3O2/c1-10(2)4-5-25-13-6-12(17(18,19)20)14-15(22-13)21-9-23(14)11-7-16(3,24)8-11/h6,9-11,24H,4-5,7-8H2,1-3H3/t11-,16-. The average molecular weight is 357 g/mol. The van der Waals surface area contributed by atoms with Gasteiger partial charge >= 0.3 is 6.18 Å². The van der Waals surface area contributed by atoms with Crippen LogP contribution in [0.3, 0.4) is 0 Å². The van der Waals surface area contributed by atoms with Gasteiger partial charge in [0.25, 0.3) is 0 Å². The molecule has 1 fully saturated rings. The lowest BCUT2D eigenvalue weighted by atomic mass is 9.77. The average Bonchev–Trinajstić information content (AvgIpc) is 2.85. The highest BCUT2D eigenvalue weighted by Crippen LogP contribution is 2.44. The monoisotopic (exact) mass is 357 g/mol. The molecular formula is C17H22F3N3O2. The third-order valence-corrected chi connectivity index (χ3v) is 4.51. The van der Waals surface area contributed by atoms with Crippen LogP contribution < -0.4 is 4.74 Å². The number of imidazole rings is 1. The van der Waals surface area contributed by atoms with Crippen LogP contribution >= 0.6 is 0 Å². The fourth-order valence-corrected chi connectivity index (χ4v) is 3.14. The van der Waals surface area contributed by atoms with E-state index in [4.69, 9.17) is 4.74 Å². The Morgan fingerprint density at radius 2 is 2.08 bits per heavy atom. The van der Waals surface area contributed by atoms with Crippen LogP contribution in [-0.4, -0.2) is 31.8 Å². The van der Waals surface area contributed by atoms with E-state index in [1.807, 2.05) is 13.8 Å². The molecule has 0 radical (unpaired) electrons. The van der Waals surface area contributed by atoms with Gasteiger partial charge in [0.05, 0.1) is 24.1 Å². The number of rotatable bonds is 5. The molecular weight excluding hydrogens is 335 g/mol. The van der Waals surface area contributed by atoms with Crippen LogP contribution in [0.15, 0.2) is 12.4 Å². The molecule has 0 unspecified atom stereocenters. The second-order valence-corrected chi connectivity index (χ2v) is 7.42. The van der Waals surface area contributed by atoms with Crippen molar-refractivity contribution in [1.82, 2.24) is 14.5 Å². The predicted octanol–water partition coefficient (Wildman–Crippen LogP) is 3.96. The van der Waals surface area contributed by atoms with Crippen molar-refractivity contribution in [3.63, 3.8) is 0 Å². The first-order valence-electron chi connectivity index (χ1n) is 8.37. The Morgan fingerprint density at radius 1 is 1.40 bits per heavy atom. The number of hydrogen-bond acceptors (Lipinski definition) is 4. The zero-order valence-electron chi connectivity index (χ0n) is 14.5. The second kappa shape index (κ2) is 6.16. The summed E-state index contributed by atoms with van der Waals surface area (Å²) in [4.78, 5) is 8.16. The number of ether oxygens (including phenoxy) is 1. The lowest BCUT2D eigenvalue weighted by Crippen LogP contribution is -2.41. The molecule has 0 aromatic carbocycles. The van der Waals surface area contributed by atoms with Crippen molar-refractivity contribution in [1.29, 1.82) is 0 Å². The molecule has 0 atom stereocenters. The zero-order chi connectivity index (χ0) is 18.4. The molecule has 2 heterocycles. The van der Waals surface area contributed by atoms with Crippen molar-refractivity contribution in [3.8, 4) is 5.88 Å². The number of halogens is 3. The van der Waals surface area contributed by atoms with E-state index >= 15 is 0 Å². The van der Waals surface area contributed by atoms with E-state index in [0.717, 1.165) is 12.5 Å². The minimum absolute atomic E-state index is 0.0147. The number of pyridine rings is 1. The number of aliphatic hydroxyl groups is 1. The molecule has 0 spiro atoms. The van der Waals surface area contributed by atoms with Crippen molar-refractivity contribution in [2.75, 3.05) is 6.61 Å². The van der Waals surface area contributed by atoms with Crippen LogP contribution in [-0.2, 0) is 6.18 Å². The van der Waals surface area contributed by atoms with Crippen molar-refractivity contribution in [3.05, 3.63) is 18.0 Å². The van der Waals surface area contributed by atoms with Gasteiger partial charge in [0.1, 0.15) is 5.52 Å². The van der Waals surface area contributed by atoms with Gasteiger partial charge in [-0.1, -0.05) is 13.8 Å². The van der Waals surface area contributed by atoms with Gasteiger partial charge in [-0.2, -0.15) is 18.2 Å². The summed E-state index contributed by atoms with van der Waals surface area (Å²) in [6.45, 7) is 6.00. The number of alkyl halides is 3. The quantitative estimate of drug-likeness (QED) is 0.880. The van der Waals surface area contributed by atoms with E-state index in [0.29, 0.717) is 25.4 Å². The van der Waals surface area contributed by atoms with Gasteiger partial charge in [0.2, 0.25) is 5.88 Å². The molecule has 1 N–H and O–H groups in total. The van der Waals surface area contributed by atoms with Crippen LogP contribution in [0.25, 0.3) is 11.2 Å². The fraction of sp³-hybridized carbons (Fsp3) is 0.647. The Labute approximate surface area is 143 Å². The molecule has 1 aliphatic carbocycles. The van der Waals surface area contributed by atoms with Gasteiger partial charge in [-0.15, -0.1) is 0 Å². The summed E-state index contributed by atoms with van der Waals surface area (Å²) in [5, 5.41) is 9.88. The third kappa shape index (κ3) is 3.73. The molecule has 1 saturated carbocycles. The van der Waals surface area contributed by atoms with Crippen LogP contribution in [0.4, 0.5) is 13.2 Å². The molecule has 0 amide bonds. The smallest absolute Gasteiger partial charge is 0.418 e. The lowest BCUT2D eigenvalue weighted by molar-refractivity contribution is -0.136. The maximum atomic E-state index is 13.6. The van der Waals surface area contributed by atoms with E-state index in [9.17, 15) is 18.3 Å². The largest absolute Gasteiger partial charge is 0.478 e. The highest BCUT2D eigenvalue weighted by atomic mass is 19.4. The second-order valence-electron chi connectivity index (χ2n) is 7.42. The minimum Gasteiger partial charge on any atom is -0.478 e. The highest BCUT2D eigenvalue weighted by Gasteiger charge is 2.42. The van der Waals surface area contributed by atoms with Gasteiger partial charge in [0, 0.05) is 12.1 Å². The van der Waals surface area contributed by atoms with E-state index < -0.39 is 17.3 Å². The van der Waals surface area contributed by atoms with Crippen molar-refractivity contribution in [2.24, 2.45) is 5.92 Å². The highest BCUT2D eigenvalue weighted by molar-refractivity contribution is 5.77. The summed E-state index contributed by atoms with van der Waals surface area (Å²) in [7, 11) is 0. The summed E-state index contributed by atoms with van der Waals surface area (Å²) < 4.78 is 47.6. The Bertz CT molecular complexity index is 760. The van der Waals surface area contributed by atoms with Gasteiger partial charge in [-0.3, -0.25) is 0 Å². The maximum Gasteiger partial charge on any atom is 0.418 e. The minimum atomic E-state index is -4.54. The normalized spacial score (nSPS) is 23.9. The van der Waals surface area contributed by atoms with Crippen LogP contribution in [0.5, 0.6) is 5.88 Å². The molecule has 0 saturated heterocycles. The lowest BCUT2D eigenvalue weighted by Gasteiger charge is -2.41. The number of aromatic nitrogens is 3. The van der Waals surface area contributed by atoms with Crippen LogP contribution in [0.2, 0.25) is 0 Å². The van der Waals surface area contributed by atoms with E-state index in [-0.39, 0.29) is 23.1 Å². The van der Waals surface area contributed by atoms with Gasteiger partial charge in [0.15, 0.2) is 5.65 Å². The van der Waals surface area contributed by atoms with E-state index in [1.165, 1.54) is 10.9 Å². The number of hydrogen-bond donors (Lipinski definition) is 1. The van der Waals surface area contributed by atoms with Crippen LogP contribution in [0.1, 0.15) is 51.6 Å².